The van der Waals surface area contributed by atoms with E-state index in [1.807, 2.05) is 13.8 Å². The second-order valence-electron chi connectivity index (χ2n) is 7.73. The van der Waals surface area contributed by atoms with E-state index >= 15 is 0 Å². The van der Waals surface area contributed by atoms with Crippen LogP contribution in [0.3, 0.4) is 0 Å². The lowest BCUT2D eigenvalue weighted by Gasteiger charge is -2.45. The minimum Gasteiger partial charge on any atom is -0.497 e. The van der Waals surface area contributed by atoms with Crippen molar-refractivity contribution in [3.63, 3.8) is 0 Å². The summed E-state index contributed by atoms with van der Waals surface area (Å²) in [6.45, 7) is 3.92. The zero-order valence-electron chi connectivity index (χ0n) is 17.2. The number of ether oxygens (including phenoxy) is 1. The molecule has 0 bridgehead atoms. The Morgan fingerprint density at radius 3 is 2.16 bits per heavy atom. The van der Waals surface area contributed by atoms with Gasteiger partial charge in [0.05, 0.1) is 13.2 Å². The van der Waals surface area contributed by atoms with Crippen LogP contribution in [0.5, 0.6) is 5.75 Å². The predicted molar refractivity (Wildman–Crippen MR) is 107 cm³/mol. The Bertz CT molecular complexity index is 958. The van der Waals surface area contributed by atoms with Gasteiger partial charge >= 0.3 is 12.2 Å². The van der Waals surface area contributed by atoms with Crippen LogP contribution >= 0.6 is 0 Å². The third-order valence-electron chi connectivity index (χ3n) is 5.43. The Hall–Kier alpha value is -3.07. The lowest BCUT2D eigenvalue weighted by Crippen LogP contribution is -2.72. The van der Waals surface area contributed by atoms with Gasteiger partial charge in [-0.1, -0.05) is 38.1 Å². The van der Waals surface area contributed by atoms with Gasteiger partial charge in [-0.25, -0.2) is 4.79 Å². The Morgan fingerprint density at radius 1 is 1.10 bits per heavy atom. The molecule has 1 saturated heterocycles. The molecule has 1 fully saturated rings. The summed E-state index contributed by atoms with van der Waals surface area (Å²) in [5.41, 5.74) is -2.61. The van der Waals surface area contributed by atoms with Crippen molar-refractivity contribution in [3.8, 4) is 5.75 Å². The Labute approximate surface area is 177 Å². The summed E-state index contributed by atoms with van der Waals surface area (Å²) in [4.78, 5) is 25.3. The van der Waals surface area contributed by atoms with Crippen molar-refractivity contribution in [3.05, 3.63) is 65.2 Å². The van der Waals surface area contributed by atoms with Gasteiger partial charge in [-0.2, -0.15) is 13.2 Å². The number of Topliss-reactive ketones (excluding diaryl/α,β-unsaturated/α-hetero) is 1. The Kier molecular flexibility index (Phi) is 6.00. The number of hydrogen-bond acceptors (Lipinski definition) is 4. The number of rotatable bonds is 5. The monoisotopic (exact) mass is 436 g/mol. The molecule has 2 aromatic rings. The van der Waals surface area contributed by atoms with E-state index in [1.54, 1.807) is 24.3 Å². The summed E-state index contributed by atoms with van der Waals surface area (Å²) >= 11 is 0. The van der Waals surface area contributed by atoms with Crippen molar-refractivity contribution in [2.45, 2.75) is 37.7 Å². The molecule has 0 aliphatic carbocycles. The van der Waals surface area contributed by atoms with E-state index in [4.69, 9.17) is 4.74 Å². The third kappa shape index (κ3) is 4.23. The number of urea groups is 1. The molecule has 3 unspecified atom stereocenters. The predicted octanol–water partition coefficient (Wildman–Crippen LogP) is 3.92. The van der Waals surface area contributed by atoms with Crippen molar-refractivity contribution in [2.75, 3.05) is 7.11 Å². The SMILES string of the molecule is COc1ccc(C(=O)C2C(c3ccc(C(C)C)cc3)NC(=O)NC2(O)C(F)(F)F)cc1. The highest BCUT2D eigenvalue weighted by molar-refractivity contribution is 6.00. The number of nitrogens with one attached hydrogen (secondary N) is 2. The molecule has 9 heteroatoms. The van der Waals surface area contributed by atoms with Gasteiger partial charge < -0.3 is 20.5 Å². The molecule has 3 rings (SSSR count). The molecular formula is C22H23F3N2O4. The fraction of sp³-hybridized carbons (Fsp3) is 0.364. The molecular weight excluding hydrogens is 413 g/mol. The largest absolute Gasteiger partial charge is 0.497 e. The number of halogens is 3. The normalized spacial score (nSPS) is 23.8. The van der Waals surface area contributed by atoms with E-state index in [2.05, 4.69) is 5.32 Å². The zero-order valence-corrected chi connectivity index (χ0v) is 17.2. The van der Waals surface area contributed by atoms with Crippen LogP contribution in [0, 0.1) is 5.92 Å². The highest BCUT2D eigenvalue weighted by Gasteiger charge is 2.66. The first-order valence-corrected chi connectivity index (χ1v) is 9.64. The van der Waals surface area contributed by atoms with Gasteiger partial charge in [0, 0.05) is 5.56 Å². The molecule has 1 aliphatic rings. The molecule has 31 heavy (non-hydrogen) atoms. The zero-order chi connectivity index (χ0) is 23.0. The summed E-state index contributed by atoms with van der Waals surface area (Å²) in [7, 11) is 1.41. The van der Waals surface area contributed by atoms with Crippen LogP contribution in [-0.4, -0.2) is 35.9 Å². The van der Waals surface area contributed by atoms with Gasteiger partial charge in [0.15, 0.2) is 5.78 Å². The standard InChI is InChI=1S/C22H23F3N2O4/c1-12(2)13-4-6-14(7-5-13)18-17(19(28)15-8-10-16(31-3)11-9-15)21(30,22(23,24)25)27-20(29)26-18/h4-12,17-18,30H,1-3H3,(H2,26,27,29). The molecule has 0 aromatic heterocycles. The quantitative estimate of drug-likeness (QED) is 0.620. The number of carbonyl (C=O) groups is 2. The number of amides is 2. The first-order valence-electron chi connectivity index (χ1n) is 9.64. The van der Waals surface area contributed by atoms with E-state index in [0.29, 0.717) is 5.75 Å². The van der Waals surface area contributed by atoms with Crippen LogP contribution in [0.4, 0.5) is 18.0 Å². The maximum atomic E-state index is 13.9. The third-order valence-corrected chi connectivity index (χ3v) is 5.43. The van der Waals surface area contributed by atoms with Gasteiger partial charge in [-0.15, -0.1) is 0 Å². The van der Waals surface area contributed by atoms with E-state index in [1.165, 1.54) is 36.7 Å². The number of aliphatic hydroxyl groups is 1. The van der Waals surface area contributed by atoms with Crippen molar-refractivity contribution < 1.29 is 32.6 Å². The summed E-state index contributed by atoms with van der Waals surface area (Å²) in [5, 5.41) is 14.5. The van der Waals surface area contributed by atoms with Crippen LogP contribution in [0.2, 0.25) is 0 Å². The van der Waals surface area contributed by atoms with Gasteiger partial charge in [0.2, 0.25) is 5.72 Å². The minimum absolute atomic E-state index is 0.0600. The summed E-state index contributed by atoms with van der Waals surface area (Å²) in [5.74, 6) is -2.45. The highest BCUT2D eigenvalue weighted by atomic mass is 19.4. The molecule has 3 N–H and O–H groups in total. The second-order valence-corrected chi connectivity index (χ2v) is 7.73. The van der Waals surface area contributed by atoms with Crippen molar-refractivity contribution >= 4 is 11.8 Å². The molecule has 166 valence electrons. The maximum Gasteiger partial charge on any atom is 0.437 e. The number of methoxy groups -OCH3 is 1. The molecule has 6 nitrogen and oxygen atoms in total. The molecule has 2 aromatic carbocycles. The molecule has 0 saturated carbocycles. The number of hydrogen-bond donors (Lipinski definition) is 3. The van der Waals surface area contributed by atoms with Crippen molar-refractivity contribution in [1.82, 2.24) is 10.6 Å². The van der Waals surface area contributed by atoms with E-state index in [-0.39, 0.29) is 17.0 Å². The number of carbonyl (C=O) groups excluding carboxylic acids is 2. The second kappa shape index (κ2) is 8.22. The number of benzene rings is 2. The molecule has 2 amide bonds. The van der Waals surface area contributed by atoms with E-state index < -0.39 is 35.7 Å². The van der Waals surface area contributed by atoms with Crippen LogP contribution in [-0.2, 0) is 0 Å². The van der Waals surface area contributed by atoms with E-state index in [9.17, 15) is 27.9 Å². The average Bonchev–Trinajstić information content (AvgIpc) is 2.72. The summed E-state index contributed by atoms with van der Waals surface area (Å²) < 4.78 is 46.8. The number of ketones is 1. The fourth-order valence-corrected chi connectivity index (χ4v) is 3.64. The maximum absolute atomic E-state index is 13.9. The van der Waals surface area contributed by atoms with Gasteiger partial charge in [0.1, 0.15) is 11.7 Å². The molecule has 3 atom stereocenters. The average molecular weight is 436 g/mol. The fourth-order valence-electron chi connectivity index (χ4n) is 3.64. The lowest BCUT2D eigenvalue weighted by molar-refractivity contribution is -0.287. The van der Waals surface area contributed by atoms with Crippen LogP contribution in [0.1, 0.15) is 47.3 Å². The minimum atomic E-state index is -5.30. The lowest BCUT2D eigenvalue weighted by atomic mass is 9.77. The van der Waals surface area contributed by atoms with Gasteiger partial charge in [-0.05, 0) is 41.3 Å². The smallest absolute Gasteiger partial charge is 0.437 e. The van der Waals surface area contributed by atoms with Gasteiger partial charge in [0.25, 0.3) is 0 Å². The van der Waals surface area contributed by atoms with Gasteiger partial charge in [-0.3, -0.25) is 4.79 Å². The summed E-state index contributed by atoms with van der Waals surface area (Å²) in [6, 6.07) is 9.40. The first kappa shape index (κ1) is 22.6. The van der Waals surface area contributed by atoms with Crippen LogP contribution in [0.25, 0.3) is 0 Å². The molecule has 1 aliphatic heterocycles. The Morgan fingerprint density at radius 2 is 1.68 bits per heavy atom. The van der Waals surface area contributed by atoms with E-state index in [0.717, 1.165) is 5.56 Å². The van der Waals surface area contributed by atoms with Crippen LogP contribution in [0.15, 0.2) is 48.5 Å². The number of alkyl halides is 3. The van der Waals surface area contributed by atoms with Crippen LogP contribution < -0.4 is 15.4 Å². The first-order chi connectivity index (χ1) is 14.5. The highest BCUT2D eigenvalue weighted by Crippen LogP contribution is 2.44. The molecule has 0 radical (unpaired) electrons. The van der Waals surface area contributed by atoms with Crippen molar-refractivity contribution in [1.29, 1.82) is 0 Å². The molecule has 1 heterocycles. The summed E-state index contributed by atoms with van der Waals surface area (Å²) in [6.07, 6.45) is -5.30. The topological polar surface area (TPSA) is 87.7 Å². The Balaban J connectivity index is 2.11. The molecule has 0 spiro atoms. The van der Waals surface area contributed by atoms with Crippen molar-refractivity contribution in [2.24, 2.45) is 5.92 Å².